The van der Waals surface area contributed by atoms with E-state index in [-0.39, 0.29) is 11.7 Å². The molecular formula is C10H12O3. The molecule has 13 heavy (non-hydrogen) atoms. The molecule has 1 saturated carbocycles. The summed E-state index contributed by atoms with van der Waals surface area (Å²) < 4.78 is 4.55. The van der Waals surface area contributed by atoms with Crippen LogP contribution in [0.2, 0.25) is 0 Å². The van der Waals surface area contributed by atoms with Crippen LogP contribution in [-0.2, 0) is 14.3 Å². The average Bonchev–Trinajstić information content (AvgIpc) is 2.47. The lowest BCUT2D eigenvalue weighted by molar-refractivity contribution is -0.149. The zero-order valence-corrected chi connectivity index (χ0v) is 7.58. The minimum atomic E-state index is -0.610. The van der Waals surface area contributed by atoms with E-state index >= 15 is 0 Å². The molecule has 1 fully saturated rings. The Morgan fingerprint density at radius 2 is 2.46 bits per heavy atom. The van der Waals surface area contributed by atoms with Crippen molar-refractivity contribution in [1.29, 1.82) is 0 Å². The molecule has 0 heterocycles. The van der Waals surface area contributed by atoms with Gasteiger partial charge in [0.1, 0.15) is 11.7 Å². The third kappa shape index (κ3) is 1.89. The number of hydrogen-bond donors (Lipinski definition) is 0. The first-order valence-electron chi connectivity index (χ1n) is 4.24. The molecule has 0 aromatic heterocycles. The summed E-state index contributed by atoms with van der Waals surface area (Å²) in [5.74, 6) is 1.38. The second-order valence-electron chi connectivity index (χ2n) is 3.17. The van der Waals surface area contributed by atoms with Gasteiger partial charge in [-0.25, -0.2) is 0 Å². The normalized spacial score (nSPS) is 26.9. The SMILES string of the molecule is C#CCC1CCC(=O)C1C(=O)OC. The smallest absolute Gasteiger partial charge is 0.316 e. The van der Waals surface area contributed by atoms with E-state index in [2.05, 4.69) is 10.7 Å². The number of methoxy groups -OCH3 is 1. The van der Waals surface area contributed by atoms with Gasteiger partial charge in [-0.2, -0.15) is 0 Å². The fourth-order valence-electron chi connectivity index (χ4n) is 1.73. The van der Waals surface area contributed by atoms with E-state index in [1.165, 1.54) is 7.11 Å². The van der Waals surface area contributed by atoms with Crippen LogP contribution in [0.4, 0.5) is 0 Å². The van der Waals surface area contributed by atoms with Crippen LogP contribution in [0.25, 0.3) is 0 Å². The number of carbonyl (C=O) groups excluding carboxylic acids is 2. The zero-order chi connectivity index (χ0) is 9.84. The molecule has 0 radical (unpaired) electrons. The van der Waals surface area contributed by atoms with Crippen LogP contribution in [0.3, 0.4) is 0 Å². The van der Waals surface area contributed by atoms with Crippen LogP contribution < -0.4 is 0 Å². The van der Waals surface area contributed by atoms with Gasteiger partial charge in [-0.05, 0) is 12.3 Å². The highest BCUT2D eigenvalue weighted by Gasteiger charge is 2.40. The molecule has 0 aliphatic heterocycles. The lowest BCUT2D eigenvalue weighted by atomic mass is 9.93. The Labute approximate surface area is 77.5 Å². The van der Waals surface area contributed by atoms with Gasteiger partial charge < -0.3 is 4.74 Å². The van der Waals surface area contributed by atoms with Crippen LogP contribution >= 0.6 is 0 Å². The van der Waals surface area contributed by atoms with Gasteiger partial charge >= 0.3 is 5.97 Å². The van der Waals surface area contributed by atoms with Gasteiger partial charge in [0.15, 0.2) is 0 Å². The monoisotopic (exact) mass is 180 g/mol. The summed E-state index contributed by atoms with van der Waals surface area (Å²) in [6.07, 6.45) is 6.78. The number of Topliss-reactive ketones (excluding diaryl/α,β-unsaturated/α-hetero) is 1. The Kier molecular flexibility index (Phi) is 3.07. The molecule has 3 nitrogen and oxygen atoms in total. The Morgan fingerprint density at radius 1 is 1.77 bits per heavy atom. The standard InChI is InChI=1S/C10H12O3/c1-3-4-7-5-6-8(11)9(7)10(12)13-2/h1,7,9H,4-6H2,2H3. The predicted octanol–water partition coefficient (Wildman–Crippen LogP) is 0.778. The van der Waals surface area contributed by atoms with Crippen LogP contribution in [0.1, 0.15) is 19.3 Å². The van der Waals surface area contributed by atoms with E-state index in [9.17, 15) is 9.59 Å². The minimum absolute atomic E-state index is 0.00931. The van der Waals surface area contributed by atoms with Crippen molar-refractivity contribution in [2.24, 2.45) is 11.8 Å². The molecule has 70 valence electrons. The van der Waals surface area contributed by atoms with Gasteiger partial charge in [0.25, 0.3) is 0 Å². The van der Waals surface area contributed by atoms with E-state index in [0.717, 1.165) is 0 Å². The third-order valence-corrected chi connectivity index (χ3v) is 2.41. The molecule has 1 rings (SSSR count). The van der Waals surface area contributed by atoms with Crippen LogP contribution in [0, 0.1) is 24.2 Å². The van der Waals surface area contributed by atoms with Crippen molar-refractivity contribution in [3.8, 4) is 12.3 Å². The summed E-state index contributed by atoms with van der Waals surface area (Å²) in [6.45, 7) is 0. The molecule has 2 unspecified atom stereocenters. The van der Waals surface area contributed by atoms with Crippen molar-refractivity contribution in [3.63, 3.8) is 0 Å². The maximum atomic E-state index is 11.3. The fourth-order valence-corrected chi connectivity index (χ4v) is 1.73. The number of rotatable bonds is 2. The molecule has 3 heteroatoms. The molecule has 0 aromatic rings. The number of esters is 1. The Morgan fingerprint density at radius 3 is 3.00 bits per heavy atom. The predicted molar refractivity (Wildman–Crippen MR) is 46.7 cm³/mol. The molecule has 2 atom stereocenters. The lowest BCUT2D eigenvalue weighted by Gasteiger charge is -2.12. The maximum absolute atomic E-state index is 11.3. The van der Waals surface area contributed by atoms with E-state index in [0.29, 0.717) is 19.3 Å². The van der Waals surface area contributed by atoms with Gasteiger partial charge in [-0.15, -0.1) is 12.3 Å². The largest absolute Gasteiger partial charge is 0.468 e. The van der Waals surface area contributed by atoms with E-state index in [1.54, 1.807) is 0 Å². The fraction of sp³-hybridized carbons (Fsp3) is 0.600. The first-order valence-corrected chi connectivity index (χ1v) is 4.24. The first kappa shape index (κ1) is 9.79. The molecule has 0 saturated heterocycles. The van der Waals surface area contributed by atoms with Crippen molar-refractivity contribution in [3.05, 3.63) is 0 Å². The number of terminal acetylenes is 1. The second-order valence-corrected chi connectivity index (χ2v) is 3.17. The topological polar surface area (TPSA) is 43.4 Å². The highest BCUT2D eigenvalue weighted by atomic mass is 16.5. The number of ether oxygens (including phenoxy) is 1. The van der Waals surface area contributed by atoms with E-state index in [4.69, 9.17) is 6.42 Å². The third-order valence-electron chi connectivity index (χ3n) is 2.41. The van der Waals surface area contributed by atoms with Gasteiger partial charge in [0, 0.05) is 12.8 Å². The molecule has 1 aliphatic carbocycles. The Bertz CT molecular complexity index is 262. The van der Waals surface area contributed by atoms with Crippen molar-refractivity contribution in [2.45, 2.75) is 19.3 Å². The summed E-state index contributed by atoms with van der Waals surface area (Å²) in [7, 11) is 1.29. The van der Waals surface area contributed by atoms with Crippen LogP contribution in [0.5, 0.6) is 0 Å². The zero-order valence-electron chi connectivity index (χ0n) is 7.58. The molecule has 0 N–H and O–H groups in total. The molecule has 1 aliphatic rings. The number of hydrogen-bond acceptors (Lipinski definition) is 3. The van der Waals surface area contributed by atoms with Gasteiger partial charge in [0.05, 0.1) is 7.11 Å². The number of carbonyl (C=O) groups is 2. The highest BCUT2D eigenvalue weighted by Crippen LogP contribution is 2.31. The van der Waals surface area contributed by atoms with Gasteiger partial charge in [0.2, 0.25) is 0 Å². The summed E-state index contributed by atoms with van der Waals surface area (Å²) in [4.78, 5) is 22.5. The molecule has 0 bridgehead atoms. The average molecular weight is 180 g/mol. The quantitative estimate of drug-likeness (QED) is 0.358. The Hall–Kier alpha value is -1.30. The second kappa shape index (κ2) is 4.08. The van der Waals surface area contributed by atoms with Crippen LogP contribution in [-0.4, -0.2) is 18.9 Å². The summed E-state index contributed by atoms with van der Waals surface area (Å²) in [5, 5.41) is 0. The van der Waals surface area contributed by atoms with Gasteiger partial charge in [-0.3, -0.25) is 9.59 Å². The molecule has 0 spiro atoms. The van der Waals surface area contributed by atoms with Crippen molar-refractivity contribution >= 4 is 11.8 Å². The summed E-state index contributed by atoms with van der Waals surface area (Å²) in [5.41, 5.74) is 0. The minimum Gasteiger partial charge on any atom is -0.468 e. The van der Waals surface area contributed by atoms with E-state index < -0.39 is 11.9 Å². The molecule has 0 aromatic carbocycles. The summed E-state index contributed by atoms with van der Waals surface area (Å²) in [6, 6.07) is 0. The van der Waals surface area contributed by atoms with E-state index in [1.807, 2.05) is 0 Å². The molecular weight excluding hydrogens is 168 g/mol. The first-order chi connectivity index (χ1) is 6.20. The number of ketones is 1. The van der Waals surface area contributed by atoms with Crippen molar-refractivity contribution < 1.29 is 14.3 Å². The molecule has 0 amide bonds. The van der Waals surface area contributed by atoms with Crippen molar-refractivity contribution in [1.82, 2.24) is 0 Å². The Balaban J connectivity index is 2.72. The van der Waals surface area contributed by atoms with Crippen molar-refractivity contribution in [2.75, 3.05) is 7.11 Å². The highest BCUT2D eigenvalue weighted by molar-refractivity contribution is 6.00. The lowest BCUT2D eigenvalue weighted by Crippen LogP contribution is -2.25. The maximum Gasteiger partial charge on any atom is 0.316 e. The van der Waals surface area contributed by atoms with Crippen LogP contribution in [0.15, 0.2) is 0 Å². The van der Waals surface area contributed by atoms with Gasteiger partial charge in [-0.1, -0.05) is 0 Å². The summed E-state index contributed by atoms with van der Waals surface area (Å²) >= 11 is 0.